The second kappa shape index (κ2) is 8.46. The average Bonchev–Trinajstić information content (AvgIpc) is 3.02. The molecule has 134 valence electrons. The summed E-state index contributed by atoms with van der Waals surface area (Å²) in [6, 6.07) is 15.1. The highest BCUT2D eigenvalue weighted by atomic mass is 127. The maximum absolute atomic E-state index is 12.4. The number of carbonyl (C=O) groups is 1. The lowest BCUT2D eigenvalue weighted by atomic mass is 9.98. The summed E-state index contributed by atoms with van der Waals surface area (Å²) in [6.45, 7) is 0.774. The van der Waals surface area contributed by atoms with Gasteiger partial charge in [0.15, 0.2) is 0 Å². The summed E-state index contributed by atoms with van der Waals surface area (Å²) in [7, 11) is 1.39. The molecule has 3 aromatic rings. The first-order valence-corrected chi connectivity index (χ1v) is 10.2. The summed E-state index contributed by atoms with van der Waals surface area (Å²) in [6.07, 6.45) is 1.86. The zero-order valence-electron chi connectivity index (χ0n) is 14.0. The van der Waals surface area contributed by atoms with Crippen molar-refractivity contribution in [2.75, 3.05) is 11.5 Å². The van der Waals surface area contributed by atoms with Crippen molar-refractivity contribution in [3.63, 3.8) is 0 Å². The van der Waals surface area contributed by atoms with Gasteiger partial charge in [-0.1, -0.05) is 70.1 Å². The predicted octanol–water partition coefficient (Wildman–Crippen LogP) is 6.35. The third kappa shape index (κ3) is 3.92. The largest absolute Gasteiger partial charge is 0.465 e. The summed E-state index contributed by atoms with van der Waals surface area (Å²) >= 11 is 14.4. The average molecular weight is 500 g/mol. The van der Waals surface area contributed by atoms with Crippen LogP contribution in [0.5, 0.6) is 0 Å². The molecule has 0 radical (unpaired) electrons. The lowest BCUT2D eigenvalue weighted by Crippen LogP contribution is -2.01. The van der Waals surface area contributed by atoms with E-state index >= 15 is 0 Å². The molecule has 1 aromatic heterocycles. The first-order valence-electron chi connectivity index (χ1n) is 7.94. The molecule has 3 nitrogen and oxygen atoms in total. The van der Waals surface area contributed by atoms with Crippen LogP contribution in [0.3, 0.4) is 0 Å². The molecule has 0 bridgehead atoms. The molecule has 2 aromatic carbocycles. The smallest absolute Gasteiger partial charge is 0.340 e. The highest BCUT2D eigenvalue weighted by Gasteiger charge is 2.23. The van der Waals surface area contributed by atoms with E-state index in [9.17, 15) is 4.79 Å². The van der Waals surface area contributed by atoms with E-state index in [2.05, 4.69) is 27.2 Å². The fourth-order valence-electron chi connectivity index (χ4n) is 2.91. The van der Waals surface area contributed by atoms with Crippen LogP contribution in [0.25, 0.3) is 22.4 Å². The molecule has 0 atom stereocenters. The van der Waals surface area contributed by atoms with Gasteiger partial charge in [0, 0.05) is 32.8 Å². The molecular formula is C20H16Cl2INO2. The number of aromatic nitrogens is 1. The number of benzene rings is 2. The molecule has 0 aliphatic heterocycles. The van der Waals surface area contributed by atoms with Crippen LogP contribution in [0.1, 0.15) is 10.4 Å². The van der Waals surface area contributed by atoms with Gasteiger partial charge in [-0.15, -0.1) is 0 Å². The summed E-state index contributed by atoms with van der Waals surface area (Å²) in [5.41, 5.74) is 4.22. The van der Waals surface area contributed by atoms with E-state index in [-0.39, 0.29) is 5.97 Å². The van der Waals surface area contributed by atoms with Gasteiger partial charge in [0.1, 0.15) is 0 Å². The Balaban J connectivity index is 2.31. The van der Waals surface area contributed by atoms with Crippen molar-refractivity contribution in [3.8, 4) is 22.4 Å². The normalized spacial score (nSPS) is 10.8. The molecule has 6 heteroatoms. The van der Waals surface area contributed by atoms with E-state index in [1.807, 2.05) is 54.7 Å². The zero-order valence-corrected chi connectivity index (χ0v) is 17.7. The summed E-state index contributed by atoms with van der Waals surface area (Å²) < 4.78 is 8.02. The molecule has 1 heterocycles. The highest BCUT2D eigenvalue weighted by Crippen LogP contribution is 2.38. The van der Waals surface area contributed by atoms with Crippen LogP contribution in [0, 0.1) is 0 Å². The number of rotatable bonds is 5. The zero-order chi connectivity index (χ0) is 18.7. The molecule has 0 unspecified atom stereocenters. The van der Waals surface area contributed by atoms with Crippen molar-refractivity contribution in [1.29, 1.82) is 0 Å². The Kier molecular flexibility index (Phi) is 6.27. The van der Waals surface area contributed by atoms with E-state index in [1.165, 1.54) is 7.11 Å². The van der Waals surface area contributed by atoms with Gasteiger partial charge in [0.05, 0.1) is 18.4 Å². The number of nitrogens with zero attached hydrogens (tertiary/aromatic N) is 1. The van der Waals surface area contributed by atoms with Gasteiger partial charge in [-0.3, -0.25) is 0 Å². The van der Waals surface area contributed by atoms with Gasteiger partial charge in [-0.05, 0) is 35.4 Å². The van der Waals surface area contributed by atoms with Crippen LogP contribution < -0.4 is 0 Å². The Labute approximate surface area is 176 Å². The molecule has 0 fully saturated rings. The summed E-state index contributed by atoms with van der Waals surface area (Å²) in [5, 5.41) is 1.31. The maximum Gasteiger partial charge on any atom is 0.340 e. The number of halogens is 3. The SMILES string of the molecule is COC(=O)c1cn(CCI)c(-c2ccc(Cl)cc2)c1-c1ccc(Cl)cc1. The number of carbonyl (C=O) groups excluding carboxylic acids is 1. The van der Waals surface area contributed by atoms with Crippen LogP contribution in [-0.4, -0.2) is 22.1 Å². The van der Waals surface area contributed by atoms with Gasteiger partial charge in [0.25, 0.3) is 0 Å². The Hall–Kier alpha value is -1.50. The molecule has 3 rings (SSSR count). The highest BCUT2D eigenvalue weighted by molar-refractivity contribution is 14.1. The number of hydrogen-bond acceptors (Lipinski definition) is 2. The summed E-state index contributed by atoms with van der Waals surface area (Å²) in [4.78, 5) is 12.4. The van der Waals surface area contributed by atoms with E-state index in [0.717, 1.165) is 33.4 Å². The molecular weight excluding hydrogens is 484 g/mol. The minimum atomic E-state index is -0.364. The monoisotopic (exact) mass is 499 g/mol. The van der Waals surface area contributed by atoms with Crippen LogP contribution in [0.15, 0.2) is 54.7 Å². The molecule has 0 spiro atoms. The van der Waals surface area contributed by atoms with Gasteiger partial charge >= 0.3 is 5.97 Å². The van der Waals surface area contributed by atoms with E-state index in [1.54, 1.807) is 0 Å². The van der Waals surface area contributed by atoms with Crippen molar-refractivity contribution >= 4 is 51.8 Å². The molecule has 0 amide bonds. The third-order valence-corrected chi connectivity index (χ3v) is 5.05. The minimum absolute atomic E-state index is 0.364. The van der Waals surface area contributed by atoms with Crippen LogP contribution in [-0.2, 0) is 11.3 Å². The fourth-order valence-corrected chi connectivity index (χ4v) is 3.69. The standard InChI is InChI=1S/C20H16Cl2INO2/c1-26-20(25)17-12-24(11-10-23)19(14-4-8-16(22)9-5-14)18(17)13-2-6-15(21)7-3-13/h2-9,12H,10-11H2,1H3. The van der Waals surface area contributed by atoms with Gasteiger partial charge in [-0.25, -0.2) is 4.79 Å². The second-order valence-corrected chi connectivity index (χ2v) is 7.61. The minimum Gasteiger partial charge on any atom is -0.465 e. The second-order valence-electron chi connectivity index (χ2n) is 5.65. The van der Waals surface area contributed by atoms with E-state index in [4.69, 9.17) is 27.9 Å². The number of hydrogen-bond donors (Lipinski definition) is 0. The first-order chi connectivity index (χ1) is 12.5. The number of methoxy groups -OCH3 is 1. The van der Waals surface area contributed by atoms with E-state index < -0.39 is 0 Å². The lowest BCUT2D eigenvalue weighted by Gasteiger charge is -2.12. The molecule has 0 aliphatic carbocycles. The number of ether oxygens (including phenoxy) is 1. The molecule has 0 N–H and O–H groups in total. The topological polar surface area (TPSA) is 31.2 Å². The quantitative estimate of drug-likeness (QED) is 0.232. The van der Waals surface area contributed by atoms with Crippen molar-refractivity contribution < 1.29 is 9.53 Å². The molecule has 0 saturated carbocycles. The first kappa shape index (κ1) is 19.3. The van der Waals surface area contributed by atoms with Gasteiger partial charge in [-0.2, -0.15) is 0 Å². The Bertz CT molecular complexity index is 918. The number of esters is 1. The number of alkyl halides is 1. The van der Waals surface area contributed by atoms with Crippen molar-refractivity contribution in [1.82, 2.24) is 4.57 Å². The van der Waals surface area contributed by atoms with Crippen LogP contribution >= 0.6 is 45.8 Å². The maximum atomic E-state index is 12.4. The lowest BCUT2D eigenvalue weighted by molar-refractivity contribution is 0.0601. The van der Waals surface area contributed by atoms with Crippen LogP contribution in [0.4, 0.5) is 0 Å². The van der Waals surface area contributed by atoms with Crippen molar-refractivity contribution in [2.45, 2.75) is 6.54 Å². The Morgan fingerprint density at radius 3 is 2.04 bits per heavy atom. The van der Waals surface area contributed by atoms with Crippen LogP contribution in [0.2, 0.25) is 10.0 Å². The Morgan fingerprint density at radius 1 is 1.00 bits per heavy atom. The third-order valence-electron chi connectivity index (χ3n) is 4.06. The van der Waals surface area contributed by atoms with Crippen molar-refractivity contribution in [3.05, 3.63) is 70.3 Å². The Morgan fingerprint density at radius 2 is 1.54 bits per heavy atom. The van der Waals surface area contributed by atoms with E-state index in [0.29, 0.717) is 15.6 Å². The predicted molar refractivity (Wildman–Crippen MR) is 116 cm³/mol. The number of aryl methyl sites for hydroxylation is 1. The van der Waals surface area contributed by atoms with Crippen molar-refractivity contribution in [2.24, 2.45) is 0 Å². The summed E-state index contributed by atoms with van der Waals surface area (Å²) in [5.74, 6) is -0.364. The molecule has 0 aliphatic rings. The van der Waals surface area contributed by atoms with Gasteiger partial charge in [0.2, 0.25) is 0 Å². The van der Waals surface area contributed by atoms with Gasteiger partial charge < -0.3 is 9.30 Å². The fraction of sp³-hybridized carbons (Fsp3) is 0.150. The molecule has 0 saturated heterocycles. The molecule has 26 heavy (non-hydrogen) atoms.